The molecule has 0 aliphatic heterocycles. The van der Waals surface area contributed by atoms with Crippen LogP contribution in [0.1, 0.15) is 20.3 Å². The van der Waals surface area contributed by atoms with Gasteiger partial charge in [0.1, 0.15) is 0 Å². The summed E-state index contributed by atoms with van der Waals surface area (Å²) in [6.07, 6.45) is 0.856. The number of methoxy groups -OCH3 is 1. The second-order valence-electron chi connectivity index (χ2n) is 3.03. The summed E-state index contributed by atoms with van der Waals surface area (Å²) in [6, 6.07) is 0.186. The van der Waals surface area contributed by atoms with Gasteiger partial charge in [0.15, 0.2) is 0 Å². The first-order valence-electron chi connectivity index (χ1n) is 4.69. The summed E-state index contributed by atoms with van der Waals surface area (Å²) in [5, 5.41) is 5.83. The highest BCUT2D eigenvalue weighted by atomic mass is 16.5. The topological polar surface area (TPSA) is 50.4 Å². The minimum Gasteiger partial charge on any atom is -0.385 e. The van der Waals surface area contributed by atoms with Crippen LogP contribution in [0.4, 0.5) is 0 Å². The minimum absolute atomic E-state index is 0.0467. The van der Waals surface area contributed by atoms with E-state index in [9.17, 15) is 4.79 Å². The van der Waals surface area contributed by atoms with Gasteiger partial charge in [0.05, 0.1) is 6.54 Å². The van der Waals surface area contributed by atoms with Gasteiger partial charge in [-0.3, -0.25) is 4.79 Å². The van der Waals surface area contributed by atoms with E-state index in [1.807, 2.05) is 13.8 Å². The van der Waals surface area contributed by atoms with E-state index in [1.54, 1.807) is 7.11 Å². The molecule has 0 rings (SSSR count). The quantitative estimate of drug-likeness (QED) is 0.597. The Morgan fingerprint density at radius 2 is 2.23 bits per heavy atom. The standard InChI is InChI=1S/C9H20N2O2/c1-4-10-7-9(12)11-8(2)5-6-13-3/h8,10H,4-7H2,1-3H3,(H,11,12). The highest BCUT2D eigenvalue weighted by molar-refractivity contribution is 5.78. The van der Waals surface area contributed by atoms with Crippen LogP contribution in [0.5, 0.6) is 0 Å². The molecule has 0 aromatic carbocycles. The summed E-state index contributed by atoms with van der Waals surface area (Å²) >= 11 is 0. The number of rotatable bonds is 7. The fourth-order valence-electron chi connectivity index (χ4n) is 0.931. The van der Waals surface area contributed by atoms with E-state index in [2.05, 4.69) is 10.6 Å². The molecule has 0 aliphatic carbocycles. The van der Waals surface area contributed by atoms with Crippen LogP contribution in [0.2, 0.25) is 0 Å². The number of carbonyl (C=O) groups excluding carboxylic acids is 1. The number of hydrogen-bond donors (Lipinski definition) is 2. The Bertz CT molecular complexity index is 140. The molecule has 0 aliphatic rings. The van der Waals surface area contributed by atoms with Crippen molar-refractivity contribution in [3.63, 3.8) is 0 Å². The van der Waals surface area contributed by atoms with Crippen molar-refractivity contribution in [2.24, 2.45) is 0 Å². The molecule has 0 saturated carbocycles. The van der Waals surface area contributed by atoms with E-state index < -0.39 is 0 Å². The lowest BCUT2D eigenvalue weighted by atomic mass is 10.2. The Kier molecular flexibility index (Phi) is 7.63. The van der Waals surface area contributed by atoms with Gasteiger partial charge in [0, 0.05) is 19.8 Å². The molecule has 0 bridgehead atoms. The van der Waals surface area contributed by atoms with Crippen LogP contribution in [0.25, 0.3) is 0 Å². The maximum Gasteiger partial charge on any atom is 0.234 e. The number of hydrogen-bond acceptors (Lipinski definition) is 3. The lowest BCUT2D eigenvalue weighted by molar-refractivity contribution is -0.120. The molecule has 2 N–H and O–H groups in total. The van der Waals surface area contributed by atoms with Crippen molar-refractivity contribution in [1.29, 1.82) is 0 Å². The van der Waals surface area contributed by atoms with Gasteiger partial charge in [-0.25, -0.2) is 0 Å². The lowest BCUT2D eigenvalue weighted by Crippen LogP contribution is -2.39. The van der Waals surface area contributed by atoms with Gasteiger partial charge >= 0.3 is 0 Å². The molecule has 1 unspecified atom stereocenters. The van der Waals surface area contributed by atoms with Crippen molar-refractivity contribution in [2.75, 3.05) is 26.8 Å². The molecule has 1 amide bonds. The van der Waals surface area contributed by atoms with Crippen LogP contribution in [-0.2, 0) is 9.53 Å². The Morgan fingerprint density at radius 3 is 2.77 bits per heavy atom. The number of ether oxygens (including phenoxy) is 1. The highest BCUT2D eigenvalue weighted by Crippen LogP contribution is 1.89. The van der Waals surface area contributed by atoms with Gasteiger partial charge in [-0.1, -0.05) is 6.92 Å². The van der Waals surface area contributed by atoms with Crippen molar-refractivity contribution in [3.05, 3.63) is 0 Å². The molecule has 13 heavy (non-hydrogen) atoms. The van der Waals surface area contributed by atoms with Crippen molar-refractivity contribution >= 4 is 5.91 Å². The predicted molar refractivity (Wildman–Crippen MR) is 52.6 cm³/mol. The van der Waals surface area contributed by atoms with Gasteiger partial charge in [0.25, 0.3) is 0 Å². The largest absolute Gasteiger partial charge is 0.385 e. The van der Waals surface area contributed by atoms with E-state index in [4.69, 9.17) is 4.74 Å². The second kappa shape index (κ2) is 8.01. The monoisotopic (exact) mass is 188 g/mol. The zero-order valence-electron chi connectivity index (χ0n) is 8.72. The van der Waals surface area contributed by atoms with Gasteiger partial charge in [0.2, 0.25) is 5.91 Å². The fourth-order valence-corrected chi connectivity index (χ4v) is 0.931. The number of amides is 1. The summed E-state index contributed by atoms with van der Waals surface area (Å²) in [6.45, 7) is 5.85. The van der Waals surface area contributed by atoms with Crippen molar-refractivity contribution < 1.29 is 9.53 Å². The highest BCUT2D eigenvalue weighted by Gasteiger charge is 2.05. The van der Waals surface area contributed by atoms with E-state index in [-0.39, 0.29) is 11.9 Å². The van der Waals surface area contributed by atoms with E-state index in [1.165, 1.54) is 0 Å². The third-order valence-electron chi connectivity index (χ3n) is 1.70. The summed E-state index contributed by atoms with van der Waals surface area (Å²) in [5.74, 6) is 0.0467. The number of carbonyl (C=O) groups is 1. The van der Waals surface area contributed by atoms with Crippen LogP contribution < -0.4 is 10.6 Å². The lowest BCUT2D eigenvalue weighted by Gasteiger charge is -2.13. The number of nitrogens with one attached hydrogen (secondary N) is 2. The molecule has 4 heteroatoms. The third-order valence-corrected chi connectivity index (χ3v) is 1.70. The average molecular weight is 188 g/mol. The van der Waals surface area contributed by atoms with Gasteiger partial charge < -0.3 is 15.4 Å². The third kappa shape index (κ3) is 7.74. The second-order valence-corrected chi connectivity index (χ2v) is 3.03. The molecule has 1 atom stereocenters. The molecule has 0 aromatic heterocycles. The Morgan fingerprint density at radius 1 is 1.54 bits per heavy atom. The summed E-state index contributed by atoms with van der Waals surface area (Å²) in [7, 11) is 1.66. The smallest absolute Gasteiger partial charge is 0.234 e. The Labute approximate surface area is 80.0 Å². The minimum atomic E-state index is 0.0467. The summed E-state index contributed by atoms with van der Waals surface area (Å²) in [5.41, 5.74) is 0. The van der Waals surface area contributed by atoms with Crippen LogP contribution in [-0.4, -0.2) is 38.8 Å². The van der Waals surface area contributed by atoms with Crippen molar-refractivity contribution in [1.82, 2.24) is 10.6 Å². The van der Waals surface area contributed by atoms with E-state index >= 15 is 0 Å². The average Bonchev–Trinajstić information content (AvgIpc) is 2.11. The fraction of sp³-hybridized carbons (Fsp3) is 0.889. The predicted octanol–water partition coefficient (Wildman–Crippen LogP) is 0.137. The first-order chi connectivity index (χ1) is 6.20. The van der Waals surface area contributed by atoms with E-state index in [0.29, 0.717) is 13.2 Å². The number of likely N-dealkylation sites (N-methyl/N-ethyl adjacent to an activating group) is 1. The van der Waals surface area contributed by atoms with Crippen LogP contribution in [0.3, 0.4) is 0 Å². The summed E-state index contributed by atoms with van der Waals surface area (Å²) in [4.78, 5) is 11.2. The van der Waals surface area contributed by atoms with Crippen LogP contribution >= 0.6 is 0 Å². The van der Waals surface area contributed by atoms with Gasteiger partial charge in [-0.2, -0.15) is 0 Å². The molecular formula is C9H20N2O2. The zero-order chi connectivity index (χ0) is 10.1. The molecular weight excluding hydrogens is 168 g/mol. The molecule has 0 heterocycles. The van der Waals surface area contributed by atoms with Crippen LogP contribution in [0, 0.1) is 0 Å². The maximum atomic E-state index is 11.2. The molecule has 4 nitrogen and oxygen atoms in total. The Balaban J connectivity index is 3.41. The van der Waals surface area contributed by atoms with E-state index in [0.717, 1.165) is 13.0 Å². The van der Waals surface area contributed by atoms with Gasteiger partial charge in [-0.15, -0.1) is 0 Å². The molecule has 0 fully saturated rings. The zero-order valence-corrected chi connectivity index (χ0v) is 8.72. The first-order valence-corrected chi connectivity index (χ1v) is 4.69. The van der Waals surface area contributed by atoms with Crippen molar-refractivity contribution in [2.45, 2.75) is 26.3 Å². The summed E-state index contributed by atoms with van der Waals surface area (Å²) < 4.78 is 4.91. The molecule has 0 radical (unpaired) electrons. The normalized spacial score (nSPS) is 12.5. The Hall–Kier alpha value is -0.610. The van der Waals surface area contributed by atoms with Crippen molar-refractivity contribution in [3.8, 4) is 0 Å². The molecule has 0 aromatic rings. The first kappa shape index (κ1) is 12.4. The molecule has 78 valence electrons. The molecule has 0 spiro atoms. The maximum absolute atomic E-state index is 11.2. The molecule has 0 saturated heterocycles. The van der Waals surface area contributed by atoms with Crippen LogP contribution in [0.15, 0.2) is 0 Å². The van der Waals surface area contributed by atoms with Gasteiger partial charge in [-0.05, 0) is 19.9 Å². The SMILES string of the molecule is CCNCC(=O)NC(C)CCOC.